The van der Waals surface area contributed by atoms with E-state index >= 15 is 4.39 Å². The first kappa shape index (κ1) is 28.8. The van der Waals surface area contributed by atoms with Crippen LogP contribution in [0.25, 0.3) is 0 Å². The molecule has 2 aromatic rings. The minimum absolute atomic E-state index is 0.0656. The zero-order chi connectivity index (χ0) is 29.5. The first-order valence-electron chi connectivity index (χ1n) is 14.4. The summed E-state index contributed by atoms with van der Waals surface area (Å²) in [5.74, 6) is -1.58. The summed E-state index contributed by atoms with van der Waals surface area (Å²) in [4.78, 5) is 57.0. The van der Waals surface area contributed by atoms with Crippen LogP contribution in [0.3, 0.4) is 0 Å². The van der Waals surface area contributed by atoms with Crippen LogP contribution in [-0.2, 0) is 14.4 Å². The molecule has 12 heteroatoms. The second-order valence-corrected chi connectivity index (χ2v) is 12.4. The average molecular weight is 643 g/mol. The van der Waals surface area contributed by atoms with Gasteiger partial charge in [-0.25, -0.2) is 4.39 Å². The SMILES string of the molecule is O=C1CCC(N2C(=O)c3cc(N4CCC(CCN5CCN(c6cccc(Br)c6)C(=O)C5)CC4)c(F)cc3C2O)C(=O)N1. The lowest BCUT2D eigenvalue weighted by atomic mass is 9.92. The number of amides is 4. The van der Waals surface area contributed by atoms with E-state index < -0.39 is 35.8 Å². The van der Waals surface area contributed by atoms with Gasteiger partial charge in [0.2, 0.25) is 17.7 Å². The standard InChI is InChI=1S/C30H33BrFN5O5/c31-19-2-1-3-20(14-19)36-13-12-34(17-27(36)39)9-6-18-7-10-35(11-8-18)25-16-22-21(15-23(25)32)29(41)37(30(22)42)24-4-5-26(38)33-28(24)40/h1-3,14-16,18,24,29,41H,4-13,17H2,(H,33,38,40). The van der Waals surface area contributed by atoms with Gasteiger partial charge in [0.1, 0.15) is 11.9 Å². The van der Waals surface area contributed by atoms with Crippen molar-refractivity contribution >= 4 is 50.9 Å². The molecular formula is C30H33BrFN5O5. The van der Waals surface area contributed by atoms with E-state index in [1.807, 2.05) is 34.1 Å². The smallest absolute Gasteiger partial charge is 0.257 e. The number of benzene rings is 2. The number of nitrogens with one attached hydrogen (secondary N) is 1. The number of rotatable bonds is 6. The molecule has 0 aliphatic carbocycles. The predicted molar refractivity (Wildman–Crippen MR) is 156 cm³/mol. The van der Waals surface area contributed by atoms with E-state index in [9.17, 15) is 24.3 Å². The molecule has 0 aromatic heterocycles. The lowest BCUT2D eigenvalue weighted by Gasteiger charge is -2.37. The van der Waals surface area contributed by atoms with Gasteiger partial charge in [0.15, 0.2) is 6.23 Å². The molecule has 2 aromatic carbocycles. The first-order chi connectivity index (χ1) is 20.2. The minimum Gasteiger partial charge on any atom is -0.369 e. The molecule has 2 atom stereocenters. The molecule has 42 heavy (non-hydrogen) atoms. The van der Waals surface area contributed by atoms with Crippen molar-refractivity contribution in [2.45, 2.75) is 44.4 Å². The number of hydrogen-bond donors (Lipinski definition) is 2. The van der Waals surface area contributed by atoms with Gasteiger partial charge < -0.3 is 14.9 Å². The van der Waals surface area contributed by atoms with Crippen LogP contribution in [0.15, 0.2) is 40.9 Å². The van der Waals surface area contributed by atoms with Crippen molar-refractivity contribution in [3.63, 3.8) is 0 Å². The molecule has 4 amide bonds. The molecule has 222 valence electrons. The number of piperidine rings is 2. The third-order valence-electron chi connectivity index (χ3n) is 8.90. The van der Waals surface area contributed by atoms with Gasteiger partial charge in [-0.1, -0.05) is 22.0 Å². The lowest BCUT2D eigenvalue weighted by molar-refractivity contribution is -0.139. The molecule has 0 radical (unpaired) electrons. The fraction of sp³-hybridized carbons (Fsp3) is 0.467. The molecule has 4 heterocycles. The number of halogens is 2. The van der Waals surface area contributed by atoms with Gasteiger partial charge in [-0.05, 0) is 68.5 Å². The predicted octanol–water partition coefficient (Wildman–Crippen LogP) is 2.80. The molecule has 0 spiro atoms. The molecule has 0 bridgehead atoms. The number of anilines is 2. The molecule has 10 nitrogen and oxygen atoms in total. The summed E-state index contributed by atoms with van der Waals surface area (Å²) in [6.45, 7) is 3.94. The molecule has 3 saturated heterocycles. The van der Waals surface area contributed by atoms with Crippen LogP contribution in [0.5, 0.6) is 0 Å². The van der Waals surface area contributed by atoms with Gasteiger partial charge in [-0.2, -0.15) is 0 Å². The Morgan fingerprint density at radius 3 is 2.50 bits per heavy atom. The number of nitrogens with zero attached hydrogens (tertiary/aromatic N) is 4. The number of fused-ring (bicyclic) bond motifs is 1. The van der Waals surface area contributed by atoms with Gasteiger partial charge >= 0.3 is 0 Å². The number of aliphatic hydroxyl groups excluding tert-OH is 1. The second kappa shape index (κ2) is 11.7. The highest BCUT2D eigenvalue weighted by Crippen LogP contribution is 2.39. The molecule has 2 unspecified atom stereocenters. The summed E-state index contributed by atoms with van der Waals surface area (Å²) in [5.41, 5.74) is 1.53. The van der Waals surface area contributed by atoms with Crippen LogP contribution in [0, 0.1) is 11.7 Å². The Morgan fingerprint density at radius 2 is 1.79 bits per heavy atom. The summed E-state index contributed by atoms with van der Waals surface area (Å²) in [7, 11) is 0. The van der Waals surface area contributed by atoms with Crippen molar-refractivity contribution in [3.05, 3.63) is 57.8 Å². The van der Waals surface area contributed by atoms with Gasteiger partial charge in [0, 0.05) is 53.9 Å². The highest BCUT2D eigenvalue weighted by molar-refractivity contribution is 9.10. The number of imide groups is 1. The van der Waals surface area contributed by atoms with E-state index in [0.717, 1.165) is 47.4 Å². The van der Waals surface area contributed by atoms with Crippen molar-refractivity contribution in [2.75, 3.05) is 49.1 Å². The molecule has 4 aliphatic rings. The van der Waals surface area contributed by atoms with Crippen molar-refractivity contribution < 1.29 is 28.7 Å². The summed E-state index contributed by atoms with van der Waals surface area (Å²) in [6.07, 6.45) is 1.41. The van der Waals surface area contributed by atoms with Crippen LogP contribution in [0.4, 0.5) is 15.8 Å². The largest absolute Gasteiger partial charge is 0.369 e. The number of hydrogen-bond acceptors (Lipinski definition) is 7. The Bertz CT molecular complexity index is 1430. The number of carbonyl (C=O) groups is 4. The number of carbonyl (C=O) groups excluding carboxylic acids is 4. The number of aliphatic hydroxyl groups is 1. The van der Waals surface area contributed by atoms with Crippen LogP contribution < -0.4 is 15.1 Å². The Labute approximate surface area is 251 Å². The van der Waals surface area contributed by atoms with Crippen LogP contribution >= 0.6 is 15.9 Å². The zero-order valence-corrected chi connectivity index (χ0v) is 24.7. The van der Waals surface area contributed by atoms with E-state index in [4.69, 9.17) is 0 Å². The highest BCUT2D eigenvalue weighted by Gasteiger charge is 2.45. The Balaban J connectivity index is 1.03. The van der Waals surface area contributed by atoms with Crippen molar-refractivity contribution in [3.8, 4) is 0 Å². The molecule has 3 fully saturated rings. The maximum atomic E-state index is 15.3. The maximum Gasteiger partial charge on any atom is 0.257 e. The van der Waals surface area contributed by atoms with E-state index in [0.29, 0.717) is 37.8 Å². The Morgan fingerprint density at radius 1 is 1.00 bits per heavy atom. The quantitative estimate of drug-likeness (QED) is 0.467. The topological polar surface area (TPSA) is 114 Å². The zero-order valence-electron chi connectivity index (χ0n) is 23.1. The summed E-state index contributed by atoms with van der Waals surface area (Å²) in [5, 5.41) is 13.0. The monoisotopic (exact) mass is 641 g/mol. The third kappa shape index (κ3) is 5.55. The summed E-state index contributed by atoms with van der Waals surface area (Å²) >= 11 is 3.47. The fourth-order valence-electron chi connectivity index (χ4n) is 6.54. The van der Waals surface area contributed by atoms with Crippen LogP contribution in [0.2, 0.25) is 0 Å². The van der Waals surface area contributed by atoms with E-state index in [-0.39, 0.29) is 29.9 Å². The third-order valence-corrected chi connectivity index (χ3v) is 9.39. The molecular weight excluding hydrogens is 609 g/mol. The van der Waals surface area contributed by atoms with Gasteiger partial charge in [0.05, 0.1) is 12.2 Å². The van der Waals surface area contributed by atoms with Crippen molar-refractivity contribution in [1.82, 2.24) is 15.1 Å². The van der Waals surface area contributed by atoms with Crippen LogP contribution in [0.1, 0.15) is 54.3 Å². The van der Waals surface area contributed by atoms with E-state index in [2.05, 4.69) is 26.1 Å². The first-order valence-corrected chi connectivity index (χ1v) is 15.2. The lowest BCUT2D eigenvalue weighted by Crippen LogP contribution is -2.53. The highest BCUT2D eigenvalue weighted by atomic mass is 79.9. The molecule has 0 saturated carbocycles. The summed E-state index contributed by atoms with van der Waals surface area (Å²) in [6, 6.07) is 9.46. The van der Waals surface area contributed by atoms with Gasteiger partial charge in [0.25, 0.3) is 5.91 Å². The minimum atomic E-state index is -1.45. The van der Waals surface area contributed by atoms with E-state index in [1.54, 1.807) is 0 Å². The van der Waals surface area contributed by atoms with E-state index in [1.165, 1.54) is 12.1 Å². The van der Waals surface area contributed by atoms with Gasteiger partial charge in [-0.3, -0.25) is 34.3 Å². The Kier molecular flexibility index (Phi) is 8.03. The van der Waals surface area contributed by atoms with Crippen molar-refractivity contribution in [1.29, 1.82) is 0 Å². The molecule has 2 N–H and O–H groups in total. The van der Waals surface area contributed by atoms with Gasteiger partial charge in [-0.15, -0.1) is 0 Å². The Hall–Kier alpha value is -3.35. The van der Waals surface area contributed by atoms with Crippen LogP contribution in [-0.4, -0.2) is 83.8 Å². The second-order valence-electron chi connectivity index (χ2n) is 11.5. The average Bonchev–Trinajstić information content (AvgIpc) is 3.20. The molecule has 6 rings (SSSR count). The fourth-order valence-corrected chi connectivity index (χ4v) is 6.92. The van der Waals surface area contributed by atoms with Crippen molar-refractivity contribution in [2.24, 2.45) is 5.92 Å². The molecule has 4 aliphatic heterocycles. The number of piperazine rings is 1. The summed E-state index contributed by atoms with van der Waals surface area (Å²) < 4.78 is 16.2. The normalized spacial score (nSPS) is 23.9. The maximum absolute atomic E-state index is 15.3.